The van der Waals surface area contributed by atoms with E-state index in [4.69, 9.17) is 4.74 Å². The third kappa shape index (κ3) is 7.53. The average molecular weight is 328 g/mol. The second-order valence-corrected chi connectivity index (χ2v) is 7.01. The fraction of sp³-hybridized carbons (Fsp3) is 0.533. The van der Waals surface area contributed by atoms with Gasteiger partial charge in [0.1, 0.15) is 0 Å². The van der Waals surface area contributed by atoms with Gasteiger partial charge in [-0.15, -0.1) is 0 Å². The van der Waals surface area contributed by atoms with Crippen LogP contribution in [0.3, 0.4) is 0 Å². The van der Waals surface area contributed by atoms with Crippen LogP contribution in [0.4, 0.5) is 0 Å². The van der Waals surface area contributed by atoms with Gasteiger partial charge in [0.2, 0.25) is 15.9 Å². The van der Waals surface area contributed by atoms with Gasteiger partial charge in [0, 0.05) is 26.8 Å². The van der Waals surface area contributed by atoms with E-state index in [1.165, 1.54) is 4.31 Å². The van der Waals surface area contributed by atoms with Crippen LogP contribution in [0.25, 0.3) is 0 Å². The minimum atomic E-state index is -3.42. The van der Waals surface area contributed by atoms with E-state index in [0.717, 1.165) is 11.8 Å². The summed E-state index contributed by atoms with van der Waals surface area (Å²) in [6.07, 6.45) is 2.40. The molecular formula is C15H24N2O4S. The summed E-state index contributed by atoms with van der Waals surface area (Å²) in [5.74, 6) is -0.297. The molecule has 0 aliphatic heterocycles. The largest absolute Gasteiger partial charge is 0.385 e. The van der Waals surface area contributed by atoms with Gasteiger partial charge >= 0.3 is 0 Å². The summed E-state index contributed by atoms with van der Waals surface area (Å²) in [5, 5.41) is 2.69. The number of ether oxygens (including phenoxy) is 1. The molecule has 0 aromatic heterocycles. The predicted molar refractivity (Wildman–Crippen MR) is 86.1 cm³/mol. The Kier molecular flexibility index (Phi) is 8.08. The zero-order chi connectivity index (χ0) is 16.4. The molecule has 22 heavy (non-hydrogen) atoms. The molecule has 0 fully saturated rings. The number of carbonyl (C=O) groups excluding carboxylic acids is 1. The lowest BCUT2D eigenvalue weighted by atomic mass is 10.1. The topological polar surface area (TPSA) is 75.7 Å². The van der Waals surface area contributed by atoms with Crippen molar-refractivity contribution in [2.24, 2.45) is 0 Å². The first-order valence-corrected chi connectivity index (χ1v) is 9.03. The minimum absolute atomic E-state index is 0.154. The van der Waals surface area contributed by atoms with Gasteiger partial charge in [-0.05, 0) is 18.4 Å². The Morgan fingerprint density at radius 2 is 1.95 bits per heavy atom. The lowest BCUT2D eigenvalue weighted by molar-refractivity contribution is -0.121. The Bertz CT molecular complexity index is 546. The highest BCUT2D eigenvalue weighted by atomic mass is 32.2. The highest BCUT2D eigenvalue weighted by Crippen LogP contribution is 2.04. The Balaban J connectivity index is 2.49. The molecule has 6 nitrogen and oxygen atoms in total. The van der Waals surface area contributed by atoms with Crippen molar-refractivity contribution in [3.05, 3.63) is 35.9 Å². The Morgan fingerprint density at radius 3 is 2.55 bits per heavy atom. The van der Waals surface area contributed by atoms with Gasteiger partial charge in [-0.2, -0.15) is 4.31 Å². The zero-order valence-corrected chi connectivity index (χ0v) is 13.9. The van der Waals surface area contributed by atoms with E-state index in [-0.39, 0.29) is 19.0 Å². The van der Waals surface area contributed by atoms with Crippen LogP contribution >= 0.6 is 0 Å². The molecule has 1 amide bonds. The van der Waals surface area contributed by atoms with E-state index >= 15 is 0 Å². The highest BCUT2D eigenvalue weighted by molar-refractivity contribution is 7.88. The summed E-state index contributed by atoms with van der Waals surface area (Å²) in [6.45, 7) is 1.17. The average Bonchev–Trinajstić information content (AvgIpc) is 2.48. The van der Waals surface area contributed by atoms with Crippen molar-refractivity contribution >= 4 is 15.9 Å². The SMILES string of the molecule is COCCCNC(=O)CN(CCc1ccccc1)S(C)(=O)=O. The number of rotatable bonds is 10. The molecule has 7 heteroatoms. The van der Waals surface area contributed by atoms with Crippen molar-refractivity contribution in [2.45, 2.75) is 12.8 Å². The Hall–Kier alpha value is -1.44. The fourth-order valence-corrected chi connectivity index (χ4v) is 2.70. The molecule has 1 rings (SSSR count). The first kappa shape index (κ1) is 18.6. The molecule has 1 aromatic rings. The Morgan fingerprint density at radius 1 is 1.27 bits per heavy atom. The molecule has 124 valence electrons. The molecule has 0 spiro atoms. The first-order valence-electron chi connectivity index (χ1n) is 7.18. The summed E-state index contributed by atoms with van der Waals surface area (Å²) >= 11 is 0. The molecule has 1 N–H and O–H groups in total. The minimum Gasteiger partial charge on any atom is -0.385 e. The molecule has 0 radical (unpaired) electrons. The van der Waals surface area contributed by atoms with Crippen molar-refractivity contribution < 1.29 is 17.9 Å². The van der Waals surface area contributed by atoms with Gasteiger partial charge in [-0.1, -0.05) is 30.3 Å². The van der Waals surface area contributed by atoms with Crippen LogP contribution in [-0.4, -0.2) is 58.2 Å². The summed E-state index contributed by atoms with van der Waals surface area (Å²) in [6, 6.07) is 9.59. The predicted octanol–water partition coefficient (Wildman–Crippen LogP) is 0.643. The summed E-state index contributed by atoms with van der Waals surface area (Å²) in [5.41, 5.74) is 1.04. The maximum atomic E-state index is 11.8. The summed E-state index contributed by atoms with van der Waals surface area (Å²) < 4.78 is 29.7. The first-order chi connectivity index (χ1) is 10.4. The van der Waals surface area contributed by atoms with E-state index < -0.39 is 10.0 Å². The number of sulfonamides is 1. The van der Waals surface area contributed by atoms with E-state index in [1.54, 1.807) is 7.11 Å². The maximum Gasteiger partial charge on any atom is 0.235 e. The summed E-state index contributed by atoms with van der Waals surface area (Å²) in [7, 11) is -1.82. The molecule has 0 aliphatic carbocycles. The number of hydrogen-bond donors (Lipinski definition) is 1. The van der Waals surface area contributed by atoms with Gasteiger partial charge in [0.15, 0.2) is 0 Å². The van der Waals surface area contributed by atoms with Gasteiger partial charge < -0.3 is 10.1 Å². The van der Waals surface area contributed by atoms with Crippen LogP contribution in [0.1, 0.15) is 12.0 Å². The lowest BCUT2D eigenvalue weighted by Crippen LogP contribution is -2.41. The molecule has 0 saturated carbocycles. The second-order valence-electron chi connectivity index (χ2n) is 5.03. The third-order valence-corrected chi connectivity index (χ3v) is 4.38. The number of benzene rings is 1. The zero-order valence-electron chi connectivity index (χ0n) is 13.1. The molecular weight excluding hydrogens is 304 g/mol. The number of amides is 1. The summed E-state index contributed by atoms with van der Waals surface area (Å²) in [4.78, 5) is 11.8. The number of nitrogens with zero attached hydrogens (tertiary/aromatic N) is 1. The van der Waals surface area contributed by atoms with Crippen LogP contribution in [0.2, 0.25) is 0 Å². The molecule has 0 atom stereocenters. The highest BCUT2D eigenvalue weighted by Gasteiger charge is 2.19. The van der Waals surface area contributed by atoms with Crippen molar-refractivity contribution in [2.75, 3.05) is 39.6 Å². The van der Waals surface area contributed by atoms with Crippen LogP contribution in [0, 0.1) is 0 Å². The van der Waals surface area contributed by atoms with Crippen LogP contribution in [0.5, 0.6) is 0 Å². The van der Waals surface area contributed by atoms with E-state index in [1.807, 2.05) is 30.3 Å². The molecule has 0 bridgehead atoms. The van der Waals surface area contributed by atoms with Gasteiger partial charge in [0.05, 0.1) is 12.8 Å². The van der Waals surface area contributed by atoms with E-state index in [2.05, 4.69) is 5.32 Å². The lowest BCUT2D eigenvalue weighted by Gasteiger charge is -2.19. The molecule has 0 unspecified atom stereocenters. The normalized spacial score (nSPS) is 11.6. The standard InChI is InChI=1S/C15H24N2O4S/c1-21-12-6-10-16-15(18)13-17(22(2,19)20)11-9-14-7-4-3-5-8-14/h3-5,7-8H,6,9-13H2,1-2H3,(H,16,18). The number of carbonyl (C=O) groups is 1. The quantitative estimate of drug-likeness (QED) is 0.640. The molecule has 0 aliphatic rings. The third-order valence-electron chi connectivity index (χ3n) is 3.13. The van der Waals surface area contributed by atoms with E-state index in [9.17, 15) is 13.2 Å². The number of nitrogens with one attached hydrogen (secondary N) is 1. The van der Waals surface area contributed by atoms with Crippen LogP contribution in [-0.2, 0) is 26.0 Å². The van der Waals surface area contributed by atoms with Crippen molar-refractivity contribution in [1.29, 1.82) is 0 Å². The molecule has 1 aromatic carbocycles. The van der Waals surface area contributed by atoms with Crippen molar-refractivity contribution in [3.63, 3.8) is 0 Å². The maximum absolute atomic E-state index is 11.8. The van der Waals surface area contributed by atoms with E-state index in [0.29, 0.717) is 26.0 Å². The molecule has 0 heterocycles. The second kappa shape index (κ2) is 9.55. The van der Waals surface area contributed by atoms with Crippen molar-refractivity contribution in [3.8, 4) is 0 Å². The Labute approximate surface area is 132 Å². The fourth-order valence-electron chi connectivity index (χ4n) is 1.92. The number of hydrogen-bond acceptors (Lipinski definition) is 4. The van der Waals surface area contributed by atoms with Gasteiger partial charge in [-0.25, -0.2) is 8.42 Å². The van der Waals surface area contributed by atoms with Gasteiger partial charge in [0.25, 0.3) is 0 Å². The monoisotopic (exact) mass is 328 g/mol. The van der Waals surface area contributed by atoms with Crippen molar-refractivity contribution in [1.82, 2.24) is 9.62 Å². The van der Waals surface area contributed by atoms with Crippen LogP contribution in [0.15, 0.2) is 30.3 Å². The molecule has 0 saturated heterocycles. The smallest absolute Gasteiger partial charge is 0.235 e. The van der Waals surface area contributed by atoms with Gasteiger partial charge in [-0.3, -0.25) is 4.79 Å². The number of methoxy groups -OCH3 is 1. The van der Waals surface area contributed by atoms with Crippen LogP contribution < -0.4 is 5.32 Å².